The Kier molecular flexibility index (Phi) is 15.1. The van der Waals surface area contributed by atoms with Gasteiger partial charge < -0.3 is 42.7 Å². The van der Waals surface area contributed by atoms with Crippen LogP contribution in [0.1, 0.15) is 55.2 Å². The van der Waals surface area contributed by atoms with E-state index in [1.165, 1.54) is 0 Å². The minimum absolute atomic E-state index is 0.0411. The van der Waals surface area contributed by atoms with Crippen molar-refractivity contribution in [2.45, 2.75) is 88.0 Å². The van der Waals surface area contributed by atoms with Gasteiger partial charge in [0.1, 0.15) is 24.2 Å². The number of benzene rings is 3. The molecule has 9 N–H and O–H groups in total. The molecule has 57 heavy (non-hydrogen) atoms. The van der Waals surface area contributed by atoms with Crippen LogP contribution in [-0.2, 0) is 48.0 Å². The van der Waals surface area contributed by atoms with E-state index < -0.39 is 54.3 Å². The zero-order chi connectivity index (χ0) is 40.7. The molecule has 2 aliphatic rings. The molecule has 2 fully saturated rings. The van der Waals surface area contributed by atoms with Crippen molar-refractivity contribution in [1.82, 2.24) is 26.2 Å². The average molecular weight is 781 g/mol. The van der Waals surface area contributed by atoms with E-state index >= 15 is 0 Å². The molecule has 2 aliphatic heterocycles. The SMILES string of the molecule is NC(N)=NCCC[C@H](NC(=O)[C@@H]1C[C@@H](Cc2ccccc2)[C@@H]2CCC(NC(=O)Cc3ccccc3)C(=O)N12)C(=O)N[C@@H](CC(=O)O)C(=O)NCCc1ccccc1. The van der Waals surface area contributed by atoms with E-state index in [0.717, 1.165) is 16.7 Å². The Bertz CT molecular complexity index is 1870. The minimum atomic E-state index is -1.43. The number of guanidine groups is 1. The van der Waals surface area contributed by atoms with Crippen LogP contribution in [0.3, 0.4) is 0 Å². The van der Waals surface area contributed by atoms with Crippen molar-refractivity contribution in [3.8, 4) is 0 Å². The van der Waals surface area contributed by atoms with Gasteiger partial charge in [-0.2, -0.15) is 0 Å². The molecule has 0 radical (unpaired) electrons. The van der Waals surface area contributed by atoms with E-state index in [1.54, 1.807) is 4.90 Å². The van der Waals surface area contributed by atoms with Crippen LogP contribution < -0.4 is 32.7 Å². The fourth-order valence-electron chi connectivity index (χ4n) is 7.67. The van der Waals surface area contributed by atoms with Gasteiger partial charge in [-0.1, -0.05) is 91.0 Å². The molecule has 2 heterocycles. The van der Waals surface area contributed by atoms with Crippen LogP contribution in [0, 0.1) is 5.92 Å². The number of carbonyl (C=O) groups excluding carboxylic acids is 5. The Morgan fingerprint density at radius 3 is 2.07 bits per heavy atom. The molecule has 0 saturated carbocycles. The zero-order valence-electron chi connectivity index (χ0n) is 31.8. The monoisotopic (exact) mass is 780 g/mol. The van der Waals surface area contributed by atoms with Gasteiger partial charge >= 0.3 is 5.97 Å². The molecule has 5 rings (SSSR count). The molecule has 1 unspecified atom stereocenters. The predicted octanol–water partition coefficient (Wildman–Crippen LogP) is 1.19. The van der Waals surface area contributed by atoms with Crippen molar-refractivity contribution in [3.05, 3.63) is 108 Å². The van der Waals surface area contributed by atoms with Crippen LogP contribution in [0.25, 0.3) is 0 Å². The topological polar surface area (TPSA) is 238 Å². The second-order valence-corrected chi connectivity index (χ2v) is 14.6. The molecule has 302 valence electrons. The molecule has 0 spiro atoms. The fraction of sp³-hybridized carbons (Fsp3) is 0.405. The van der Waals surface area contributed by atoms with Gasteiger partial charge in [-0.15, -0.1) is 0 Å². The number of piperidine rings is 1. The fourth-order valence-corrected chi connectivity index (χ4v) is 7.67. The third kappa shape index (κ3) is 12.4. The highest BCUT2D eigenvalue weighted by molar-refractivity contribution is 5.97. The Hall–Kier alpha value is -6.25. The minimum Gasteiger partial charge on any atom is -0.481 e. The number of hydrogen-bond donors (Lipinski definition) is 7. The van der Waals surface area contributed by atoms with Gasteiger partial charge in [-0.3, -0.25) is 33.8 Å². The molecule has 15 nitrogen and oxygen atoms in total. The molecule has 15 heteroatoms. The number of fused-ring (bicyclic) bond motifs is 1. The number of amides is 5. The van der Waals surface area contributed by atoms with Crippen LogP contribution >= 0.6 is 0 Å². The van der Waals surface area contributed by atoms with Gasteiger partial charge in [0.25, 0.3) is 0 Å². The van der Waals surface area contributed by atoms with Crippen molar-refractivity contribution >= 4 is 41.5 Å². The second-order valence-electron chi connectivity index (χ2n) is 14.6. The first-order valence-electron chi connectivity index (χ1n) is 19.4. The summed E-state index contributed by atoms with van der Waals surface area (Å²) in [6.07, 6.45) is 2.09. The van der Waals surface area contributed by atoms with Crippen molar-refractivity contribution in [3.63, 3.8) is 0 Å². The van der Waals surface area contributed by atoms with Gasteiger partial charge in [0, 0.05) is 19.1 Å². The number of rotatable bonds is 19. The van der Waals surface area contributed by atoms with Crippen molar-refractivity contribution in [2.24, 2.45) is 22.4 Å². The molecule has 0 aliphatic carbocycles. The number of hydrogen-bond acceptors (Lipinski definition) is 7. The lowest BCUT2D eigenvalue weighted by Crippen LogP contribution is -2.61. The second kappa shape index (κ2) is 20.6. The van der Waals surface area contributed by atoms with Gasteiger partial charge in [-0.05, 0) is 67.6 Å². The van der Waals surface area contributed by atoms with Crippen LogP contribution in [0.2, 0.25) is 0 Å². The Labute approximate surface area is 332 Å². The van der Waals surface area contributed by atoms with E-state index in [9.17, 15) is 33.9 Å². The summed E-state index contributed by atoms with van der Waals surface area (Å²) in [5.74, 6) is -4.25. The third-order valence-electron chi connectivity index (χ3n) is 10.4. The van der Waals surface area contributed by atoms with Crippen molar-refractivity contribution in [1.29, 1.82) is 0 Å². The summed E-state index contributed by atoms with van der Waals surface area (Å²) in [7, 11) is 0. The van der Waals surface area contributed by atoms with Gasteiger partial charge in [0.05, 0.1) is 12.8 Å². The van der Waals surface area contributed by atoms with Crippen LogP contribution in [0.4, 0.5) is 0 Å². The van der Waals surface area contributed by atoms with Gasteiger partial charge in [0.2, 0.25) is 29.5 Å². The molecule has 6 atom stereocenters. The number of aliphatic imine (C=N–C) groups is 1. The number of carboxylic acid groups (broad SMARTS) is 1. The Morgan fingerprint density at radius 1 is 0.807 bits per heavy atom. The number of nitrogens with one attached hydrogen (secondary N) is 4. The Morgan fingerprint density at radius 2 is 1.44 bits per heavy atom. The molecular weight excluding hydrogens is 729 g/mol. The lowest BCUT2D eigenvalue weighted by atomic mass is 9.86. The number of nitrogens with two attached hydrogens (primary N) is 2. The lowest BCUT2D eigenvalue weighted by Gasteiger charge is -2.39. The molecule has 0 bridgehead atoms. The summed E-state index contributed by atoms with van der Waals surface area (Å²) in [5.41, 5.74) is 13.8. The maximum Gasteiger partial charge on any atom is 0.305 e. The number of carbonyl (C=O) groups is 6. The predicted molar refractivity (Wildman–Crippen MR) is 213 cm³/mol. The maximum absolute atomic E-state index is 14.3. The smallest absolute Gasteiger partial charge is 0.305 e. The zero-order valence-corrected chi connectivity index (χ0v) is 31.8. The molecular formula is C42H52N8O7. The van der Waals surface area contributed by atoms with Crippen LogP contribution in [0.15, 0.2) is 96.0 Å². The summed E-state index contributed by atoms with van der Waals surface area (Å²) < 4.78 is 0. The summed E-state index contributed by atoms with van der Waals surface area (Å²) in [5, 5.41) is 20.5. The highest BCUT2D eigenvalue weighted by atomic mass is 16.4. The Balaban J connectivity index is 1.32. The first-order chi connectivity index (χ1) is 27.5. The summed E-state index contributed by atoms with van der Waals surface area (Å²) in [6, 6.07) is 23.6. The van der Waals surface area contributed by atoms with E-state index in [1.807, 2.05) is 91.0 Å². The first kappa shape index (κ1) is 41.9. The van der Waals surface area contributed by atoms with E-state index in [0.29, 0.717) is 32.1 Å². The van der Waals surface area contributed by atoms with E-state index in [4.69, 9.17) is 11.5 Å². The van der Waals surface area contributed by atoms with E-state index in [-0.39, 0.29) is 62.1 Å². The first-order valence-corrected chi connectivity index (χ1v) is 19.4. The molecule has 0 aromatic heterocycles. The van der Waals surface area contributed by atoms with E-state index in [2.05, 4.69) is 26.3 Å². The average Bonchev–Trinajstić information content (AvgIpc) is 3.56. The summed E-state index contributed by atoms with van der Waals surface area (Å²) in [4.78, 5) is 86.0. The van der Waals surface area contributed by atoms with Crippen molar-refractivity contribution < 1.29 is 33.9 Å². The third-order valence-corrected chi connectivity index (χ3v) is 10.4. The lowest BCUT2D eigenvalue weighted by molar-refractivity contribution is -0.147. The number of carboxylic acids is 1. The highest BCUT2D eigenvalue weighted by Gasteiger charge is 2.51. The van der Waals surface area contributed by atoms with Crippen molar-refractivity contribution in [2.75, 3.05) is 13.1 Å². The maximum atomic E-state index is 14.3. The summed E-state index contributed by atoms with van der Waals surface area (Å²) in [6.45, 7) is 0.345. The van der Waals surface area contributed by atoms with Gasteiger partial charge in [0.15, 0.2) is 5.96 Å². The summed E-state index contributed by atoms with van der Waals surface area (Å²) >= 11 is 0. The molecule has 3 aromatic rings. The highest BCUT2D eigenvalue weighted by Crippen LogP contribution is 2.39. The number of nitrogens with zero attached hydrogens (tertiary/aromatic N) is 2. The largest absolute Gasteiger partial charge is 0.481 e. The standard InChI is InChI=1S/C42H52N8O7/c43-42(44)46-21-10-17-31(39(55)49-33(26-37(52)53)38(54)45-22-20-27-11-4-1-5-12-27)48-40(56)35-25-30(23-28-13-6-2-7-14-28)34-19-18-32(41(57)50(34)35)47-36(51)24-29-15-8-3-9-16-29/h1-9,11-16,30-35H,10,17-26H2,(H,45,54)(H,47,51)(H,48,56)(H,49,55)(H,52,53)(H4,43,44,46)/t30-,31+,32?,33+,34+,35+/m1/s1. The van der Waals surface area contributed by atoms with Crippen LogP contribution in [-0.4, -0.2) is 94.8 Å². The molecule has 2 saturated heterocycles. The number of aliphatic carboxylic acids is 1. The molecule has 3 aromatic carbocycles. The quantitative estimate of drug-likeness (QED) is 0.0525. The van der Waals surface area contributed by atoms with Crippen LogP contribution in [0.5, 0.6) is 0 Å². The van der Waals surface area contributed by atoms with Gasteiger partial charge in [-0.25, -0.2) is 0 Å². The molecule has 5 amide bonds. The normalized spacial score (nSPS) is 19.6.